The lowest BCUT2D eigenvalue weighted by atomic mass is 10.1. The number of rotatable bonds is 3. The van der Waals surface area contributed by atoms with Gasteiger partial charge in [-0.25, -0.2) is 0 Å². The van der Waals surface area contributed by atoms with Crippen molar-refractivity contribution in [2.75, 3.05) is 16.8 Å². The predicted molar refractivity (Wildman–Crippen MR) is 87.4 cm³/mol. The smallest absolute Gasteiger partial charge is 0.322 e. The number of benzene rings is 2. The van der Waals surface area contributed by atoms with E-state index in [2.05, 4.69) is 5.32 Å². The molecular weight excluding hydrogens is 333 g/mol. The quantitative estimate of drug-likeness (QED) is 0.908. The SMILES string of the molecule is O=C(Nc1cccc(C(F)(F)F)c1)c1ccc(N2CCCC2=O)cc1. The standard InChI is InChI=1S/C18H15F3N2O2/c19-18(20,21)13-3-1-4-14(11-13)22-17(25)12-6-8-15(9-7-12)23-10-2-5-16(23)24/h1,3-4,6-9,11H,2,5,10H2,(H,22,25). The van der Waals surface area contributed by atoms with Crippen LogP contribution in [0.2, 0.25) is 0 Å². The van der Waals surface area contributed by atoms with E-state index >= 15 is 0 Å². The first-order chi connectivity index (χ1) is 11.8. The van der Waals surface area contributed by atoms with Crippen LogP contribution in [0.15, 0.2) is 48.5 Å². The third-order valence-electron chi connectivity index (χ3n) is 3.96. The maximum absolute atomic E-state index is 12.7. The molecule has 0 aliphatic carbocycles. The highest BCUT2D eigenvalue weighted by Gasteiger charge is 2.30. The summed E-state index contributed by atoms with van der Waals surface area (Å²) in [6.45, 7) is 0.647. The number of hydrogen-bond donors (Lipinski definition) is 1. The van der Waals surface area contributed by atoms with Crippen molar-refractivity contribution in [3.63, 3.8) is 0 Å². The minimum absolute atomic E-state index is 0.0427. The Labute approximate surface area is 142 Å². The summed E-state index contributed by atoms with van der Waals surface area (Å²) >= 11 is 0. The fourth-order valence-electron chi connectivity index (χ4n) is 2.69. The summed E-state index contributed by atoms with van der Waals surface area (Å²) in [6, 6.07) is 10.9. The first kappa shape index (κ1) is 17.0. The Hall–Kier alpha value is -2.83. The van der Waals surface area contributed by atoms with Crippen molar-refractivity contribution in [3.05, 3.63) is 59.7 Å². The zero-order valence-corrected chi connectivity index (χ0v) is 13.1. The molecule has 1 N–H and O–H groups in total. The molecule has 4 nitrogen and oxygen atoms in total. The maximum atomic E-state index is 12.7. The van der Waals surface area contributed by atoms with Gasteiger partial charge in [0.25, 0.3) is 5.91 Å². The molecule has 0 bridgehead atoms. The molecule has 130 valence electrons. The summed E-state index contributed by atoms with van der Waals surface area (Å²) in [7, 11) is 0. The van der Waals surface area contributed by atoms with E-state index in [4.69, 9.17) is 0 Å². The monoisotopic (exact) mass is 348 g/mol. The number of carbonyl (C=O) groups excluding carboxylic acids is 2. The second-order valence-corrected chi connectivity index (χ2v) is 5.73. The number of hydrogen-bond acceptors (Lipinski definition) is 2. The number of anilines is 2. The van der Waals surface area contributed by atoms with E-state index in [1.165, 1.54) is 12.1 Å². The molecule has 3 rings (SSSR count). The summed E-state index contributed by atoms with van der Waals surface area (Å²) in [5, 5.41) is 2.45. The van der Waals surface area contributed by atoms with Crippen molar-refractivity contribution in [1.82, 2.24) is 0 Å². The van der Waals surface area contributed by atoms with Crippen molar-refractivity contribution in [3.8, 4) is 0 Å². The zero-order chi connectivity index (χ0) is 18.0. The number of carbonyl (C=O) groups is 2. The van der Waals surface area contributed by atoms with Gasteiger partial charge in [-0.15, -0.1) is 0 Å². The number of nitrogens with zero attached hydrogens (tertiary/aromatic N) is 1. The van der Waals surface area contributed by atoms with E-state index in [1.54, 1.807) is 29.2 Å². The van der Waals surface area contributed by atoms with Gasteiger partial charge < -0.3 is 10.2 Å². The topological polar surface area (TPSA) is 49.4 Å². The van der Waals surface area contributed by atoms with Gasteiger partial charge >= 0.3 is 6.18 Å². The van der Waals surface area contributed by atoms with Crippen LogP contribution in [-0.2, 0) is 11.0 Å². The lowest BCUT2D eigenvalue weighted by Gasteiger charge is -2.16. The molecule has 1 fully saturated rings. The molecule has 25 heavy (non-hydrogen) atoms. The van der Waals surface area contributed by atoms with Gasteiger partial charge in [-0.3, -0.25) is 9.59 Å². The summed E-state index contributed by atoms with van der Waals surface area (Å²) in [6.07, 6.45) is -3.15. The summed E-state index contributed by atoms with van der Waals surface area (Å²) in [5.41, 5.74) is 0.248. The maximum Gasteiger partial charge on any atom is 0.416 e. The average molecular weight is 348 g/mol. The third kappa shape index (κ3) is 3.81. The van der Waals surface area contributed by atoms with Crippen LogP contribution in [-0.4, -0.2) is 18.4 Å². The van der Waals surface area contributed by atoms with Crippen LogP contribution in [0.3, 0.4) is 0 Å². The highest BCUT2D eigenvalue weighted by molar-refractivity contribution is 6.05. The Bertz CT molecular complexity index is 801. The lowest BCUT2D eigenvalue weighted by Crippen LogP contribution is -2.23. The van der Waals surface area contributed by atoms with Gasteiger partial charge in [0.2, 0.25) is 5.91 Å². The van der Waals surface area contributed by atoms with Crippen LogP contribution in [0.5, 0.6) is 0 Å². The van der Waals surface area contributed by atoms with Crippen LogP contribution >= 0.6 is 0 Å². The molecule has 1 saturated heterocycles. The summed E-state index contributed by atoms with van der Waals surface area (Å²) in [5.74, 6) is -0.472. The highest BCUT2D eigenvalue weighted by atomic mass is 19.4. The Morgan fingerprint density at radius 1 is 1.08 bits per heavy atom. The second-order valence-electron chi connectivity index (χ2n) is 5.73. The minimum atomic E-state index is -4.47. The number of amides is 2. The Morgan fingerprint density at radius 3 is 2.40 bits per heavy atom. The average Bonchev–Trinajstić information content (AvgIpc) is 3.00. The van der Waals surface area contributed by atoms with Crippen molar-refractivity contribution in [2.24, 2.45) is 0 Å². The van der Waals surface area contributed by atoms with Crippen LogP contribution in [0.25, 0.3) is 0 Å². The second kappa shape index (κ2) is 6.58. The van der Waals surface area contributed by atoms with E-state index in [9.17, 15) is 22.8 Å². The van der Waals surface area contributed by atoms with Gasteiger partial charge in [-0.2, -0.15) is 13.2 Å². The molecule has 0 aromatic heterocycles. The third-order valence-corrected chi connectivity index (χ3v) is 3.96. The minimum Gasteiger partial charge on any atom is -0.322 e. The molecular formula is C18H15F3N2O2. The Kier molecular flexibility index (Phi) is 4.48. The van der Waals surface area contributed by atoms with Crippen LogP contribution in [0.1, 0.15) is 28.8 Å². The molecule has 1 aliphatic rings. The molecule has 1 aliphatic heterocycles. The van der Waals surface area contributed by atoms with E-state index in [0.29, 0.717) is 24.2 Å². The fraction of sp³-hybridized carbons (Fsp3) is 0.222. The lowest BCUT2D eigenvalue weighted by molar-refractivity contribution is -0.137. The van der Waals surface area contributed by atoms with Crippen molar-refractivity contribution in [1.29, 1.82) is 0 Å². The van der Waals surface area contributed by atoms with Gasteiger partial charge in [-0.1, -0.05) is 6.07 Å². The molecule has 1 heterocycles. The molecule has 0 atom stereocenters. The first-order valence-electron chi connectivity index (χ1n) is 7.73. The molecule has 7 heteroatoms. The number of nitrogens with one attached hydrogen (secondary N) is 1. The van der Waals surface area contributed by atoms with E-state index in [0.717, 1.165) is 18.6 Å². The molecule has 0 unspecified atom stereocenters. The highest BCUT2D eigenvalue weighted by Crippen LogP contribution is 2.30. The van der Waals surface area contributed by atoms with Crippen molar-refractivity contribution < 1.29 is 22.8 Å². The van der Waals surface area contributed by atoms with Gasteiger partial charge in [0.1, 0.15) is 0 Å². The van der Waals surface area contributed by atoms with Crippen LogP contribution < -0.4 is 10.2 Å². The van der Waals surface area contributed by atoms with Gasteiger partial charge in [0.15, 0.2) is 0 Å². The van der Waals surface area contributed by atoms with Gasteiger partial charge in [0, 0.05) is 29.9 Å². The van der Waals surface area contributed by atoms with Crippen molar-refractivity contribution >= 4 is 23.2 Å². The number of alkyl halides is 3. The van der Waals surface area contributed by atoms with E-state index < -0.39 is 17.6 Å². The predicted octanol–water partition coefficient (Wildman–Crippen LogP) is 4.08. The summed E-state index contributed by atoms with van der Waals surface area (Å²) < 4.78 is 38.1. The summed E-state index contributed by atoms with van der Waals surface area (Å²) in [4.78, 5) is 25.5. The fourth-order valence-corrected chi connectivity index (χ4v) is 2.69. The molecule has 0 saturated carbocycles. The van der Waals surface area contributed by atoms with Gasteiger partial charge in [0.05, 0.1) is 5.56 Å². The molecule has 2 aromatic rings. The van der Waals surface area contributed by atoms with Crippen LogP contribution in [0, 0.1) is 0 Å². The molecule has 0 radical (unpaired) electrons. The molecule has 0 spiro atoms. The largest absolute Gasteiger partial charge is 0.416 e. The first-order valence-corrected chi connectivity index (χ1v) is 7.73. The Morgan fingerprint density at radius 2 is 1.80 bits per heavy atom. The normalized spacial score (nSPS) is 14.7. The zero-order valence-electron chi connectivity index (χ0n) is 13.1. The molecule has 2 amide bonds. The van der Waals surface area contributed by atoms with Crippen LogP contribution in [0.4, 0.5) is 24.5 Å². The van der Waals surface area contributed by atoms with Crippen molar-refractivity contribution in [2.45, 2.75) is 19.0 Å². The van der Waals surface area contributed by atoms with E-state index in [1.807, 2.05) is 0 Å². The number of halogens is 3. The Balaban J connectivity index is 1.72. The molecule has 2 aromatic carbocycles. The van der Waals surface area contributed by atoms with Gasteiger partial charge in [-0.05, 0) is 48.9 Å². The van der Waals surface area contributed by atoms with E-state index in [-0.39, 0.29) is 11.6 Å².